The summed E-state index contributed by atoms with van der Waals surface area (Å²) in [5.41, 5.74) is 1.21. The summed E-state index contributed by atoms with van der Waals surface area (Å²) in [7, 11) is 0. The number of thiophene rings is 1. The molecule has 0 saturated heterocycles. The van der Waals surface area contributed by atoms with Gasteiger partial charge in [0.05, 0.1) is 6.33 Å². The summed E-state index contributed by atoms with van der Waals surface area (Å²) in [6.07, 6.45) is 5.54. The molecule has 0 amide bonds. The highest BCUT2D eigenvalue weighted by atomic mass is 35.5. The first-order valence-electron chi connectivity index (χ1n) is 4.93. The molecule has 0 aliphatic rings. The summed E-state index contributed by atoms with van der Waals surface area (Å²) in [4.78, 5) is 4.07. The van der Waals surface area contributed by atoms with Gasteiger partial charge in [0.25, 0.3) is 0 Å². The molecule has 1 aromatic carbocycles. The minimum atomic E-state index is 0.817. The monoisotopic (exact) mass is 248 g/mol. The number of nitrogens with zero attached hydrogens (tertiary/aromatic N) is 2. The minimum absolute atomic E-state index is 0.817. The molecule has 16 heavy (non-hydrogen) atoms. The molecule has 0 saturated carbocycles. The van der Waals surface area contributed by atoms with Crippen molar-refractivity contribution < 1.29 is 0 Å². The number of aromatic nitrogens is 2. The quantitative estimate of drug-likeness (QED) is 0.635. The van der Waals surface area contributed by atoms with Gasteiger partial charge < -0.3 is 0 Å². The third-order valence-electron chi connectivity index (χ3n) is 2.62. The fourth-order valence-corrected chi connectivity index (χ4v) is 3.43. The van der Waals surface area contributed by atoms with Crippen LogP contribution in [0.4, 0.5) is 0 Å². The molecule has 0 fully saturated rings. The van der Waals surface area contributed by atoms with Crippen LogP contribution < -0.4 is 0 Å². The Hall–Kier alpha value is -1.32. The van der Waals surface area contributed by atoms with Crippen molar-refractivity contribution in [2.45, 2.75) is 6.92 Å². The van der Waals surface area contributed by atoms with Gasteiger partial charge in [-0.25, -0.2) is 4.98 Å². The van der Waals surface area contributed by atoms with Gasteiger partial charge in [0.2, 0.25) is 0 Å². The van der Waals surface area contributed by atoms with Gasteiger partial charge in [0.1, 0.15) is 5.00 Å². The molecule has 0 bridgehead atoms. The van der Waals surface area contributed by atoms with E-state index in [9.17, 15) is 0 Å². The predicted molar refractivity (Wildman–Crippen MR) is 68.7 cm³/mol. The zero-order chi connectivity index (χ0) is 11.1. The first-order chi connectivity index (χ1) is 7.77. The number of aryl methyl sites for hydroxylation is 1. The summed E-state index contributed by atoms with van der Waals surface area (Å²) in [5, 5.41) is 3.15. The normalized spacial score (nSPS) is 11.1. The highest BCUT2D eigenvalue weighted by Gasteiger charge is 2.11. The number of benzene rings is 1. The van der Waals surface area contributed by atoms with Crippen molar-refractivity contribution >= 4 is 33.0 Å². The summed E-state index contributed by atoms with van der Waals surface area (Å²) < 4.78 is 3.24. The molecule has 4 heteroatoms. The molecule has 0 radical (unpaired) electrons. The van der Waals surface area contributed by atoms with E-state index < -0.39 is 0 Å². The Morgan fingerprint density at radius 1 is 1.38 bits per heavy atom. The largest absolute Gasteiger partial charge is 0.297 e. The first-order valence-corrected chi connectivity index (χ1v) is 6.13. The van der Waals surface area contributed by atoms with E-state index in [-0.39, 0.29) is 0 Å². The SMILES string of the molecule is Cc1c(-n2ccnc2)sc2cccc(Cl)c12. The van der Waals surface area contributed by atoms with Crippen molar-refractivity contribution in [3.63, 3.8) is 0 Å². The van der Waals surface area contributed by atoms with Crippen molar-refractivity contribution in [1.29, 1.82) is 0 Å². The van der Waals surface area contributed by atoms with E-state index in [2.05, 4.69) is 18.0 Å². The van der Waals surface area contributed by atoms with Gasteiger partial charge in [-0.3, -0.25) is 4.57 Å². The van der Waals surface area contributed by atoms with Crippen LogP contribution in [0.5, 0.6) is 0 Å². The molecule has 0 aliphatic carbocycles. The van der Waals surface area contributed by atoms with E-state index in [4.69, 9.17) is 11.6 Å². The van der Waals surface area contributed by atoms with E-state index in [0.717, 1.165) is 10.4 Å². The Morgan fingerprint density at radius 3 is 2.94 bits per heavy atom. The fraction of sp³-hybridized carbons (Fsp3) is 0.0833. The predicted octanol–water partition coefficient (Wildman–Crippen LogP) is 4.05. The molecular formula is C12H9ClN2S. The van der Waals surface area contributed by atoms with Gasteiger partial charge in [0, 0.05) is 27.5 Å². The Balaban J connectivity index is 2.36. The van der Waals surface area contributed by atoms with Crippen LogP contribution in [0.3, 0.4) is 0 Å². The lowest BCUT2D eigenvalue weighted by molar-refractivity contribution is 1.07. The second kappa shape index (κ2) is 3.61. The lowest BCUT2D eigenvalue weighted by Crippen LogP contribution is -1.87. The third-order valence-corrected chi connectivity index (χ3v) is 4.20. The van der Waals surface area contributed by atoms with E-state index in [0.29, 0.717) is 0 Å². The lowest BCUT2D eigenvalue weighted by atomic mass is 10.2. The molecule has 3 aromatic rings. The minimum Gasteiger partial charge on any atom is -0.297 e. The maximum Gasteiger partial charge on any atom is 0.104 e. The van der Waals surface area contributed by atoms with Gasteiger partial charge >= 0.3 is 0 Å². The second-order valence-corrected chi connectivity index (χ2v) is 5.05. The van der Waals surface area contributed by atoms with Crippen molar-refractivity contribution in [3.8, 4) is 5.00 Å². The van der Waals surface area contributed by atoms with Crippen LogP contribution in [0.25, 0.3) is 15.1 Å². The van der Waals surface area contributed by atoms with Gasteiger partial charge in [0.15, 0.2) is 0 Å². The summed E-state index contributed by atoms with van der Waals surface area (Å²) in [5.74, 6) is 0. The smallest absolute Gasteiger partial charge is 0.104 e. The third kappa shape index (κ3) is 1.36. The second-order valence-electron chi connectivity index (χ2n) is 3.62. The maximum absolute atomic E-state index is 6.22. The highest BCUT2D eigenvalue weighted by molar-refractivity contribution is 7.21. The summed E-state index contributed by atoms with van der Waals surface area (Å²) in [6, 6.07) is 6.01. The van der Waals surface area contributed by atoms with Crippen molar-refractivity contribution in [3.05, 3.63) is 47.5 Å². The number of halogens is 1. The fourth-order valence-electron chi connectivity index (χ4n) is 1.87. The molecular weight excluding hydrogens is 240 g/mol. The molecule has 0 N–H and O–H groups in total. The summed E-state index contributed by atoms with van der Waals surface area (Å²) >= 11 is 7.95. The van der Waals surface area contributed by atoms with E-state index in [1.807, 2.05) is 29.2 Å². The molecule has 2 nitrogen and oxygen atoms in total. The van der Waals surface area contributed by atoms with Crippen molar-refractivity contribution in [2.24, 2.45) is 0 Å². The van der Waals surface area contributed by atoms with E-state index in [1.54, 1.807) is 17.5 Å². The number of rotatable bonds is 1. The Kier molecular flexibility index (Phi) is 2.23. The topological polar surface area (TPSA) is 17.8 Å². The average molecular weight is 249 g/mol. The van der Waals surface area contributed by atoms with Crippen molar-refractivity contribution in [2.75, 3.05) is 0 Å². The van der Waals surface area contributed by atoms with Gasteiger partial charge in [-0.2, -0.15) is 0 Å². The number of fused-ring (bicyclic) bond motifs is 1. The molecule has 80 valence electrons. The van der Waals surface area contributed by atoms with E-state index >= 15 is 0 Å². The van der Waals surface area contributed by atoms with E-state index in [1.165, 1.54) is 15.3 Å². The molecule has 0 atom stereocenters. The average Bonchev–Trinajstić information content (AvgIpc) is 2.86. The molecule has 0 aliphatic heterocycles. The maximum atomic E-state index is 6.22. The van der Waals surface area contributed by atoms with Gasteiger partial charge in [-0.1, -0.05) is 17.7 Å². The number of hydrogen-bond acceptors (Lipinski definition) is 2. The van der Waals surface area contributed by atoms with Crippen LogP contribution in [-0.4, -0.2) is 9.55 Å². The first kappa shape index (κ1) is 9.87. The Bertz CT molecular complexity index is 640. The zero-order valence-electron chi connectivity index (χ0n) is 8.64. The van der Waals surface area contributed by atoms with Crippen LogP contribution in [0.2, 0.25) is 5.02 Å². The molecule has 0 unspecified atom stereocenters. The summed E-state index contributed by atoms with van der Waals surface area (Å²) in [6.45, 7) is 2.10. The van der Waals surface area contributed by atoms with Crippen LogP contribution in [-0.2, 0) is 0 Å². The van der Waals surface area contributed by atoms with Gasteiger partial charge in [-0.05, 0) is 24.6 Å². The van der Waals surface area contributed by atoms with Gasteiger partial charge in [-0.15, -0.1) is 11.3 Å². The standard InChI is InChI=1S/C12H9ClN2S/c1-8-11-9(13)3-2-4-10(11)16-12(8)15-6-5-14-7-15/h2-7H,1H3. The molecule has 3 rings (SSSR count). The van der Waals surface area contributed by atoms with Crippen molar-refractivity contribution in [1.82, 2.24) is 9.55 Å². The van der Waals surface area contributed by atoms with Crippen LogP contribution in [0.1, 0.15) is 5.56 Å². The molecule has 0 spiro atoms. The van der Waals surface area contributed by atoms with Crippen LogP contribution in [0, 0.1) is 6.92 Å². The van der Waals surface area contributed by atoms with Crippen LogP contribution >= 0.6 is 22.9 Å². The number of imidazole rings is 1. The highest BCUT2D eigenvalue weighted by Crippen LogP contribution is 2.37. The van der Waals surface area contributed by atoms with Crippen LogP contribution in [0.15, 0.2) is 36.9 Å². The Morgan fingerprint density at radius 2 is 2.25 bits per heavy atom. The lowest BCUT2D eigenvalue weighted by Gasteiger charge is -1.99. The molecule has 2 aromatic heterocycles. The zero-order valence-corrected chi connectivity index (χ0v) is 10.2. The Labute approximate surface area is 102 Å². The molecule has 2 heterocycles. The number of hydrogen-bond donors (Lipinski definition) is 0.